The topological polar surface area (TPSA) is 91.1 Å². The highest BCUT2D eigenvalue weighted by molar-refractivity contribution is 5.49. The monoisotopic (exact) mass is 435 g/mol. The van der Waals surface area contributed by atoms with Crippen LogP contribution in [0.3, 0.4) is 0 Å². The second-order valence-electron chi connectivity index (χ2n) is 9.69. The first kappa shape index (κ1) is 21.8. The predicted molar refractivity (Wildman–Crippen MR) is 128 cm³/mol. The average Bonchev–Trinajstić information content (AvgIpc) is 3.26. The van der Waals surface area contributed by atoms with E-state index in [4.69, 9.17) is 10.7 Å². The van der Waals surface area contributed by atoms with Gasteiger partial charge in [0.1, 0.15) is 5.82 Å². The molecule has 5 atom stereocenters. The van der Waals surface area contributed by atoms with Gasteiger partial charge >= 0.3 is 0 Å². The largest absolute Gasteiger partial charge is 0.355 e. The van der Waals surface area contributed by atoms with Crippen LogP contribution in [0, 0.1) is 5.92 Å². The SMILES string of the molecule is CCCCc1ccc(C2NNC3CNC(c4cccnc4)CC32)nc1N1CCC[C@H](N)C1. The Labute approximate surface area is 191 Å². The van der Waals surface area contributed by atoms with Crippen LogP contribution >= 0.6 is 0 Å². The van der Waals surface area contributed by atoms with Crippen molar-refractivity contribution >= 4 is 5.82 Å². The van der Waals surface area contributed by atoms with Gasteiger partial charge in [0.2, 0.25) is 0 Å². The summed E-state index contributed by atoms with van der Waals surface area (Å²) in [6.45, 7) is 5.15. The van der Waals surface area contributed by atoms with Crippen LogP contribution in [0.2, 0.25) is 0 Å². The van der Waals surface area contributed by atoms with Gasteiger partial charge in [-0.2, -0.15) is 0 Å². The number of rotatable bonds is 6. The fourth-order valence-corrected chi connectivity index (χ4v) is 5.60. The Morgan fingerprint density at radius 1 is 1.22 bits per heavy atom. The molecule has 0 bridgehead atoms. The number of hydrogen-bond acceptors (Lipinski definition) is 7. The maximum atomic E-state index is 6.33. The van der Waals surface area contributed by atoms with Crippen LogP contribution in [-0.4, -0.2) is 41.7 Å². The lowest BCUT2D eigenvalue weighted by Gasteiger charge is -2.35. The molecule has 4 unspecified atom stereocenters. The molecule has 5 heterocycles. The van der Waals surface area contributed by atoms with Crippen LogP contribution in [0.5, 0.6) is 0 Å². The number of fused-ring (bicyclic) bond motifs is 1. The molecule has 3 saturated heterocycles. The van der Waals surface area contributed by atoms with Crippen molar-refractivity contribution in [2.45, 2.75) is 69.6 Å². The highest BCUT2D eigenvalue weighted by Gasteiger charge is 2.42. The van der Waals surface area contributed by atoms with E-state index in [1.807, 2.05) is 18.5 Å². The molecule has 0 aromatic carbocycles. The number of hydrazine groups is 1. The van der Waals surface area contributed by atoms with Crippen LogP contribution < -0.4 is 26.8 Å². The summed E-state index contributed by atoms with van der Waals surface area (Å²) in [7, 11) is 0. The minimum Gasteiger partial charge on any atom is -0.355 e. The molecule has 0 radical (unpaired) electrons. The summed E-state index contributed by atoms with van der Waals surface area (Å²) in [5.41, 5.74) is 17.2. The van der Waals surface area contributed by atoms with E-state index in [1.165, 1.54) is 24.0 Å². The van der Waals surface area contributed by atoms with E-state index in [0.29, 0.717) is 18.0 Å². The Morgan fingerprint density at radius 2 is 2.16 bits per heavy atom. The summed E-state index contributed by atoms with van der Waals surface area (Å²) >= 11 is 0. The molecule has 0 spiro atoms. The van der Waals surface area contributed by atoms with E-state index in [2.05, 4.69) is 51.2 Å². The molecular formula is C25H37N7. The Morgan fingerprint density at radius 3 is 2.97 bits per heavy atom. The fourth-order valence-electron chi connectivity index (χ4n) is 5.60. The molecule has 0 aliphatic carbocycles. The van der Waals surface area contributed by atoms with Gasteiger partial charge in [0.25, 0.3) is 0 Å². The van der Waals surface area contributed by atoms with Crippen molar-refractivity contribution in [2.75, 3.05) is 24.5 Å². The van der Waals surface area contributed by atoms with Gasteiger partial charge in [0.15, 0.2) is 0 Å². The van der Waals surface area contributed by atoms with Crippen LogP contribution in [0.15, 0.2) is 36.7 Å². The lowest BCUT2D eigenvalue weighted by molar-refractivity contribution is 0.265. The van der Waals surface area contributed by atoms with Crippen molar-refractivity contribution in [3.05, 3.63) is 53.5 Å². The second kappa shape index (κ2) is 9.83. The summed E-state index contributed by atoms with van der Waals surface area (Å²) in [5.74, 6) is 1.64. The van der Waals surface area contributed by atoms with E-state index in [0.717, 1.165) is 56.8 Å². The first-order valence-electron chi connectivity index (χ1n) is 12.4. The van der Waals surface area contributed by atoms with Gasteiger partial charge < -0.3 is 16.0 Å². The van der Waals surface area contributed by atoms with Gasteiger partial charge in [-0.05, 0) is 55.4 Å². The Kier molecular flexibility index (Phi) is 6.69. The summed E-state index contributed by atoms with van der Waals surface area (Å²) in [5, 5.41) is 3.69. The standard InChI is InChI=1S/C25H37N7/c1-2-3-6-17-9-10-21(29-25(17)32-12-5-8-19(26)16-32)24-20-13-22(18-7-4-11-27-14-18)28-15-23(20)30-31-24/h4,7,9-11,14,19-20,22-24,28,30-31H,2-3,5-6,8,12-13,15-16,26H2,1H3/t19-,20?,22?,23?,24?/m0/s1. The number of nitrogens with zero attached hydrogens (tertiary/aromatic N) is 3. The summed E-state index contributed by atoms with van der Waals surface area (Å²) in [6, 6.07) is 9.96. The van der Waals surface area contributed by atoms with E-state index in [9.17, 15) is 0 Å². The number of aromatic nitrogens is 2. The van der Waals surface area contributed by atoms with Crippen LogP contribution in [0.4, 0.5) is 5.82 Å². The van der Waals surface area contributed by atoms with Gasteiger partial charge in [0.05, 0.1) is 11.7 Å². The fraction of sp³-hybridized carbons (Fsp3) is 0.600. The van der Waals surface area contributed by atoms with Crippen LogP contribution in [0.1, 0.15) is 67.9 Å². The molecule has 32 heavy (non-hydrogen) atoms. The van der Waals surface area contributed by atoms with Crippen molar-refractivity contribution in [1.82, 2.24) is 26.1 Å². The number of anilines is 1. The van der Waals surface area contributed by atoms with Crippen molar-refractivity contribution in [1.29, 1.82) is 0 Å². The van der Waals surface area contributed by atoms with Crippen LogP contribution in [-0.2, 0) is 6.42 Å². The summed E-state index contributed by atoms with van der Waals surface area (Å²) in [6.07, 6.45) is 10.6. The van der Waals surface area contributed by atoms with Crippen molar-refractivity contribution in [3.8, 4) is 0 Å². The van der Waals surface area contributed by atoms with Gasteiger partial charge in [-0.25, -0.2) is 10.4 Å². The number of aryl methyl sites for hydroxylation is 1. The Hall–Kier alpha value is -2.06. The van der Waals surface area contributed by atoms with Gasteiger partial charge in [-0.1, -0.05) is 25.5 Å². The molecule has 3 fully saturated rings. The maximum absolute atomic E-state index is 6.33. The Balaban J connectivity index is 1.40. The lowest BCUT2D eigenvalue weighted by Crippen LogP contribution is -2.46. The number of pyridine rings is 2. The number of piperidine rings is 2. The van der Waals surface area contributed by atoms with Crippen molar-refractivity contribution in [2.24, 2.45) is 11.7 Å². The van der Waals surface area contributed by atoms with E-state index in [1.54, 1.807) is 0 Å². The molecule has 0 amide bonds. The normalized spacial score (nSPS) is 30.3. The zero-order chi connectivity index (χ0) is 21.9. The molecule has 3 aliphatic rings. The van der Waals surface area contributed by atoms with Gasteiger partial charge in [0, 0.05) is 56.1 Å². The first-order chi connectivity index (χ1) is 15.7. The molecule has 2 aromatic rings. The zero-order valence-electron chi connectivity index (χ0n) is 19.1. The van der Waals surface area contributed by atoms with E-state index in [-0.39, 0.29) is 12.1 Å². The molecule has 3 aliphatic heterocycles. The third-order valence-electron chi connectivity index (χ3n) is 7.40. The van der Waals surface area contributed by atoms with Crippen LogP contribution in [0.25, 0.3) is 0 Å². The number of nitrogens with one attached hydrogen (secondary N) is 3. The molecular weight excluding hydrogens is 398 g/mol. The average molecular weight is 436 g/mol. The highest BCUT2D eigenvalue weighted by atomic mass is 15.4. The van der Waals surface area contributed by atoms with Crippen molar-refractivity contribution < 1.29 is 0 Å². The number of nitrogens with two attached hydrogens (primary N) is 1. The number of unbranched alkanes of at least 4 members (excludes halogenated alkanes) is 1. The summed E-state index contributed by atoms with van der Waals surface area (Å²) in [4.78, 5) is 12.1. The first-order valence-corrected chi connectivity index (χ1v) is 12.4. The quantitative estimate of drug-likeness (QED) is 0.554. The minimum atomic E-state index is 0.207. The molecule has 0 saturated carbocycles. The van der Waals surface area contributed by atoms with Gasteiger partial charge in [-0.15, -0.1) is 0 Å². The summed E-state index contributed by atoms with van der Waals surface area (Å²) < 4.78 is 0. The second-order valence-corrected chi connectivity index (χ2v) is 9.69. The number of hydrogen-bond donors (Lipinski definition) is 4. The zero-order valence-corrected chi connectivity index (χ0v) is 19.1. The molecule has 7 nitrogen and oxygen atoms in total. The van der Waals surface area contributed by atoms with E-state index < -0.39 is 0 Å². The third-order valence-corrected chi connectivity index (χ3v) is 7.40. The predicted octanol–water partition coefficient (Wildman–Crippen LogP) is 2.62. The molecule has 172 valence electrons. The highest BCUT2D eigenvalue weighted by Crippen LogP contribution is 2.38. The van der Waals surface area contributed by atoms with Crippen molar-refractivity contribution in [3.63, 3.8) is 0 Å². The van der Waals surface area contributed by atoms with Gasteiger partial charge in [-0.3, -0.25) is 10.4 Å². The Bertz CT molecular complexity index is 889. The molecule has 2 aromatic heterocycles. The third kappa shape index (κ3) is 4.53. The lowest BCUT2D eigenvalue weighted by atomic mass is 9.81. The molecule has 5 rings (SSSR count). The molecule has 5 N–H and O–H groups in total. The maximum Gasteiger partial charge on any atom is 0.132 e. The van der Waals surface area contributed by atoms with E-state index >= 15 is 0 Å². The smallest absolute Gasteiger partial charge is 0.132 e. The minimum absolute atomic E-state index is 0.207. The molecule has 7 heteroatoms.